The fraction of sp³-hybridized carbons (Fsp3) is 0.300. The minimum absolute atomic E-state index is 0.0625. The number of hydrogen-bond donors (Lipinski definition) is 0. The molecular weight excluding hydrogens is 384 g/mol. The Morgan fingerprint density at radius 2 is 1.77 bits per heavy atom. The third kappa shape index (κ3) is 2.97. The van der Waals surface area contributed by atoms with Gasteiger partial charge in [-0.2, -0.15) is 0 Å². The molecule has 4 aromatic heterocycles. The van der Waals surface area contributed by atoms with E-state index in [2.05, 4.69) is 25.1 Å². The molecule has 1 aliphatic rings. The molecular formula is C20H20N8O2. The third-order valence-corrected chi connectivity index (χ3v) is 5.43. The maximum absolute atomic E-state index is 13.0. The second-order valence-electron chi connectivity index (χ2n) is 7.20. The molecule has 1 fully saturated rings. The fourth-order valence-electron chi connectivity index (χ4n) is 3.87. The highest BCUT2D eigenvalue weighted by molar-refractivity contribution is 5.80. The van der Waals surface area contributed by atoms with E-state index in [0.29, 0.717) is 43.2 Å². The zero-order chi connectivity index (χ0) is 20.7. The van der Waals surface area contributed by atoms with E-state index in [1.165, 1.54) is 4.57 Å². The van der Waals surface area contributed by atoms with Crippen molar-refractivity contribution in [1.29, 1.82) is 0 Å². The number of carbonyl (C=O) groups excluding carboxylic acids is 1. The van der Waals surface area contributed by atoms with Crippen LogP contribution in [0.25, 0.3) is 16.8 Å². The molecule has 0 unspecified atom stereocenters. The number of amides is 1. The normalized spacial score (nSPS) is 14.6. The van der Waals surface area contributed by atoms with Gasteiger partial charge >= 0.3 is 0 Å². The molecule has 5 heterocycles. The first-order valence-electron chi connectivity index (χ1n) is 9.76. The van der Waals surface area contributed by atoms with Crippen LogP contribution in [-0.2, 0) is 11.3 Å². The molecule has 1 saturated heterocycles. The monoisotopic (exact) mass is 404 g/mol. The molecule has 0 bridgehead atoms. The van der Waals surface area contributed by atoms with Crippen molar-refractivity contribution in [3.63, 3.8) is 0 Å². The highest BCUT2D eigenvalue weighted by Gasteiger charge is 2.24. The lowest BCUT2D eigenvalue weighted by molar-refractivity contribution is -0.132. The number of hydrogen-bond acceptors (Lipinski definition) is 7. The second-order valence-corrected chi connectivity index (χ2v) is 7.20. The number of pyridine rings is 2. The lowest BCUT2D eigenvalue weighted by atomic mass is 10.3. The summed E-state index contributed by atoms with van der Waals surface area (Å²) >= 11 is 0. The van der Waals surface area contributed by atoms with Gasteiger partial charge < -0.3 is 9.80 Å². The van der Waals surface area contributed by atoms with Gasteiger partial charge in [0.15, 0.2) is 5.65 Å². The van der Waals surface area contributed by atoms with E-state index >= 15 is 0 Å². The van der Waals surface area contributed by atoms with E-state index in [-0.39, 0.29) is 23.7 Å². The molecule has 10 nitrogen and oxygen atoms in total. The molecule has 0 spiro atoms. The molecule has 10 heteroatoms. The highest BCUT2D eigenvalue weighted by atomic mass is 16.2. The average molecular weight is 404 g/mol. The molecule has 0 N–H and O–H groups in total. The van der Waals surface area contributed by atoms with Crippen LogP contribution in [0.15, 0.2) is 47.5 Å². The van der Waals surface area contributed by atoms with Crippen molar-refractivity contribution in [1.82, 2.24) is 34.0 Å². The van der Waals surface area contributed by atoms with Crippen LogP contribution in [-0.4, -0.2) is 66.1 Å². The zero-order valence-electron chi connectivity index (χ0n) is 16.5. The van der Waals surface area contributed by atoms with Crippen LogP contribution < -0.4 is 10.5 Å². The van der Waals surface area contributed by atoms with E-state index in [1.54, 1.807) is 40.8 Å². The molecule has 5 rings (SSSR count). The standard InChI is InChI=1S/C20H20N8O2/c1-14-23-24-19-20(30)27(15-5-4-8-22-18(15)28(14)19)13-17(29)26-11-9-25(10-12-26)16-6-2-3-7-21-16/h2-8H,9-13H2,1H3. The van der Waals surface area contributed by atoms with Gasteiger partial charge in [0.2, 0.25) is 11.6 Å². The van der Waals surface area contributed by atoms with Gasteiger partial charge in [0.25, 0.3) is 5.56 Å². The SMILES string of the molecule is Cc1nnc2c(=O)n(CC(=O)N3CCN(c4ccccn4)CC3)c3cccnc3n12. The number of aromatic nitrogens is 6. The van der Waals surface area contributed by atoms with Crippen LogP contribution in [0.1, 0.15) is 5.82 Å². The summed E-state index contributed by atoms with van der Waals surface area (Å²) in [5, 5.41) is 8.00. The van der Waals surface area contributed by atoms with Crippen LogP contribution in [0.3, 0.4) is 0 Å². The molecule has 0 radical (unpaired) electrons. The highest BCUT2D eigenvalue weighted by Crippen LogP contribution is 2.15. The van der Waals surface area contributed by atoms with Crippen molar-refractivity contribution < 1.29 is 4.79 Å². The van der Waals surface area contributed by atoms with Crippen LogP contribution in [0, 0.1) is 6.92 Å². The van der Waals surface area contributed by atoms with Crippen molar-refractivity contribution in [2.24, 2.45) is 0 Å². The Morgan fingerprint density at radius 1 is 0.967 bits per heavy atom. The third-order valence-electron chi connectivity index (χ3n) is 5.43. The van der Waals surface area contributed by atoms with E-state index in [4.69, 9.17) is 0 Å². The molecule has 152 valence electrons. The Morgan fingerprint density at radius 3 is 2.53 bits per heavy atom. The first-order valence-corrected chi connectivity index (χ1v) is 9.76. The zero-order valence-corrected chi connectivity index (χ0v) is 16.5. The minimum Gasteiger partial charge on any atom is -0.353 e. The number of nitrogens with zero attached hydrogens (tertiary/aromatic N) is 8. The summed E-state index contributed by atoms with van der Waals surface area (Å²) in [6.45, 7) is 4.25. The summed E-state index contributed by atoms with van der Waals surface area (Å²) < 4.78 is 3.07. The summed E-state index contributed by atoms with van der Waals surface area (Å²) in [4.78, 5) is 38.8. The van der Waals surface area contributed by atoms with Crippen LogP contribution in [0.2, 0.25) is 0 Å². The number of aryl methyl sites for hydroxylation is 1. The Kier molecular flexibility index (Phi) is 4.38. The largest absolute Gasteiger partial charge is 0.353 e. The van der Waals surface area contributed by atoms with Crippen LogP contribution in [0.4, 0.5) is 5.82 Å². The topological polar surface area (TPSA) is 102 Å². The van der Waals surface area contributed by atoms with Crippen molar-refractivity contribution in [2.75, 3.05) is 31.1 Å². The van der Waals surface area contributed by atoms with Crippen molar-refractivity contribution in [3.05, 3.63) is 58.9 Å². The minimum atomic E-state index is -0.350. The summed E-state index contributed by atoms with van der Waals surface area (Å²) in [6, 6.07) is 9.34. The Hall–Kier alpha value is -3.82. The summed E-state index contributed by atoms with van der Waals surface area (Å²) in [5.74, 6) is 1.38. The summed E-state index contributed by atoms with van der Waals surface area (Å²) in [6.07, 6.45) is 3.41. The van der Waals surface area contributed by atoms with Crippen molar-refractivity contribution in [2.45, 2.75) is 13.5 Å². The Balaban J connectivity index is 1.41. The van der Waals surface area contributed by atoms with E-state index in [9.17, 15) is 9.59 Å². The van der Waals surface area contributed by atoms with Gasteiger partial charge in [-0.15, -0.1) is 10.2 Å². The first kappa shape index (κ1) is 18.2. The number of carbonyl (C=O) groups is 1. The number of rotatable bonds is 3. The molecule has 0 aliphatic carbocycles. The smallest absolute Gasteiger partial charge is 0.297 e. The molecule has 30 heavy (non-hydrogen) atoms. The van der Waals surface area contributed by atoms with Gasteiger partial charge in [0.1, 0.15) is 18.2 Å². The molecule has 1 aliphatic heterocycles. The van der Waals surface area contributed by atoms with Crippen molar-refractivity contribution in [3.8, 4) is 0 Å². The van der Waals surface area contributed by atoms with Gasteiger partial charge in [-0.25, -0.2) is 9.97 Å². The lowest BCUT2D eigenvalue weighted by Gasteiger charge is -2.35. The predicted molar refractivity (Wildman–Crippen MR) is 110 cm³/mol. The first-order chi connectivity index (χ1) is 14.6. The number of fused-ring (bicyclic) bond motifs is 3. The van der Waals surface area contributed by atoms with Gasteiger partial charge in [-0.3, -0.25) is 18.6 Å². The quantitative estimate of drug-likeness (QED) is 0.490. The maximum atomic E-state index is 13.0. The predicted octanol–water partition coefficient (Wildman–Crippen LogP) is 0.491. The van der Waals surface area contributed by atoms with Gasteiger partial charge in [0, 0.05) is 38.6 Å². The second kappa shape index (κ2) is 7.21. The van der Waals surface area contributed by atoms with Crippen LogP contribution in [0.5, 0.6) is 0 Å². The molecule has 4 aromatic rings. The Labute approximate surface area is 171 Å². The Bertz CT molecular complexity index is 1290. The average Bonchev–Trinajstić information content (AvgIpc) is 3.19. The number of piperazine rings is 1. The summed E-state index contributed by atoms with van der Waals surface area (Å²) in [5.41, 5.74) is 0.962. The molecule has 0 atom stereocenters. The fourth-order valence-corrected chi connectivity index (χ4v) is 3.87. The number of anilines is 1. The van der Waals surface area contributed by atoms with Gasteiger partial charge in [-0.05, 0) is 31.2 Å². The van der Waals surface area contributed by atoms with E-state index in [0.717, 1.165) is 5.82 Å². The molecule has 0 saturated carbocycles. The maximum Gasteiger partial charge on any atom is 0.297 e. The molecule has 1 amide bonds. The van der Waals surface area contributed by atoms with Gasteiger partial charge in [0.05, 0.1) is 5.52 Å². The van der Waals surface area contributed by atoms with Gasteiger partial charge in [-0.1, -0.05) is 6.07 Å². The lowest BCUT2D eigenvalue weighted by Crippen LogP contribution is -2.50. The summed E-state index contributed by atoms with van der Waals surface area (Å²) in [7, 11) is 0. The van der Waals surface area contributed by atoms with E-state index < -0.39 is 0 Å². The van der Waals surface area contributed by atoms with Crippen molar-refractivity contribution >= 4 is 28.5 Å². The van der Waals surface area contributed by atoms with E-state index in [1.807, 2.05) is 18.2 Å². The van der Waals surface area contributed by atoms with Crippen LogP contribution >= 0.6 is 0 Å². The molecule has 0 aromatic carbocycles.